The van der Waals surface area contributed by atoms with Gasteiger partial charge in [-0.2, -0.15) is 4.31 Å². The van der Waals surface area contributed by atoms with E-state index in [-0.39, 0.29) is 15.4 Å². The van der Waals surface area contributed by atoms with Crippen LogP contribution in [0.2, 0.25) is 4.34 Å². The van der Waals surface area contributed by atoms with Gasteiger partial charge in [0, 0.05) is 26.2 Å². The van der Waals surface area contributed by atoms with Crippen LogP contribution in [0, 0.1) is 0 Å². The number of piperazine rings is 1. The molecule has 0 spiro atoms. The zero-order valence-corrected chi connectivity index (χ0v) is 13.9. The monoisotopic (exact) mass is 386 g/mol. The Morgan fingerprint density at radius 3 is 2.42 bits per heavy atom. The average molecular weight is 388 g/mol. The van der Waals surface area contributed by atoms with Gasteiger partial charge in [0.25, 0.3) is 10.0 Å². The normalized spacial score (nSPS) is 17.7. The maximum Gasteiger partial charge on any atom is 0.252 e. The predicted molar refractivity (Wildman–Crippen MR) is 78.5 cm³/mol. The molecule has 0 atom stereocenters. The van der Waals surface area contributed by atoms with E-state index in [1.54, 1.807) is 11.0 Å². The van der Waals surface area contributed by atoms with Crippen molar-refractivity contribution in [2.75, 3.05) is 31.5 Å². The van der Waals surface area contributed by atoms with Gasteiger partial charge in [0.2, 0.25) is 5.91 Å². The van der Waals surface area contributed by atoms with Crippen LogP contribution in [0.5, 0.6) is 0 Å². The third-order valence-electron chi connectivity index (χ3n) is 2.85. The van der Waals surface area contributed by atoms with Crippen molar-refractivity contribution in [1.29, 1.82) is 0 Å². The first kappa shape index (κ1) is 15.2. The summed E-state index contributed by atoms with van der Waals surface area (Å²) < 4.78 is 26.7. The molecule has 0 radical (unpaired) electrons. The number of halogens is 2. The number of alkyl halides is 1. The molecule has 1 aliphatic heterocycles. The van der Waals surface area contributed by atoms with Gasteiger partial charge < -0.3 is 4.90 Å². The summed E-state index contributed by atoms with van der Waals surface area (Å²) in [5.74, 6) is -0.0174. The summed E-state index contributed by atoms with van der Waals surface area (Å²) >= 11 is 9.92. The van der Waals surface area contributed by atoms with Crippen LogP contribution in [0.1, 0.15) is 0 Å². The Kier molecular flexibility index (Phi) is 4.88. The second kappa shape index (κ2) is 6.09. The molecule has 2 rings (SSSR count). The first-order chi connectivity index (χ1) is 8.95. The van der Waals surface area contributed by atoms with Crippen LogP contribution in [0.15, 0.2) is 16.3 Å². The fourth-order valence-electron chi connectivity index (χ4n) is 1.83. The van der Waals surface area contributed by atoms with Gasteiger partial charge in [-0.05, 0) is 12.1 Å². The van der Waals surface area contributed by atoms with E-state index in [1.165, 1.54) is 10.4 Å². The van der Waals surface area contributed by atoms with Crippen LogP contribution in [-0.2, 0) is 14.8 Å². The van der Waals surface area contributed by atoms with Crippen LogP contribution in [0.25, 0.3) is 0 Å². The van der Waals surface area contributed by atoms with Crippen LogP contribution < -0.4 is 0 Å². The molecule has 0 unspecified atom stereocenters. The Morgan fingerprint density at radius 1 is 1.32 bits per heavy atom. The Balaban J connectivity index is 2.07. The molecule has 0 N–H and O–H groups in total. The minimum absolute atomic E-state index is 0.0174. The molecule has 0 bridgehead atoms. The lowest BCUT2D eigenvalue weighted by Crippen LogP contribution is -2.50. The molecule has 19 heavy (non-hydrogen) atoms. The zero-order chi connectivity index (χ0) is 14.0. The van der Waals surface area contributed by atoms with Gasteiger partial charge in [0.15, 0.2) is 0 Å². The number of thiophene rings is 1. The van der Waals surface area contributed by atoms with Crippen molar-refractivity contribution < 1.29 is 13.2 Å². The van der Waals surface area contributed by atoms with Gasteiger partial charge in [-0.25, -0.2) is 8.42 Å². The van der Waals surface area contributed by atoms with Gasteiger partial charge in [0.05, 0.1) is 9.67 Å². The summed E-state index contributed by atoms with van der Waals surface area (Å²) in [6.45, 7) is 1.47. The SMILES string of the molecule is O=C(CBr)N1CCN(S(=O)(=O)c2ccc(Cl)s2)CC1. The van der Waals surface area contributed by atoms with E-state index in [1.807, 2.05) is 0 Å². The minimum atomic E-state index is -3.48. The van der Waals surface area contributed by atoms with Gasteiger partial charge in [-0.3, -0.25) is 4.79 Å². The topological polar surface area (TPSA) is 57.7 Å². The molecule has 106 valence electrons. The standard InChI is InChI=1S/C10H12BrClN2O3S2/c11-7-9(15)13-3-5-14(6-4-13)19(16,17)10-2-1-8(12)18-10/h1-2H,3-7H2. The van der Waals surface area contributed by atoms with Crippen LogP contribution in [0.4, 0.5) is 0 Å². The molecule has 0 aliphatic carbocycles. The quantitative estimate of drug-likeness (QED) is 0.741. The van der Waals surface area contributed by atoms with Gasteiger partial charge >= 0.3 is 0 Å². The zero-order valence-electron chi connectivity index (χ0n) is 9.88. The molecular formula is C10H12BrClN2O3S2. The van der Waals surface area contributed by atoms with Crippen molar-refractivity contribution >= 4 is 54.8 Å². The first-order valence-corrected chi connectivity index (χ1v) is 9.30. The van der Waals surface area contributed by atoms with Crippen LogP contribution in [0.3, 0.4) is 0 Å². The lowest BCUT2D eigenvalue weighted by Gasteiger charge is -2.33. The number of rotatable bonds is 3. The summed E-state index contributed by atoms with van der Waals surface area (Å²) in [6, 6.07) is 3.09. The fourth-order valence-corrected chi connectivity index (χ4v) is 5.24. The molecule has 2 heterocycles. The average Bonchev–Trinajstić information content (AvgIpc) is 2.85. The molecule has 1 fully saturated rings. The van der Waals surface area contributed by atoms with Crippen molar-refractivity contribution in [3.05, 3.63) is 16.5 Å². The predicted octanol–water partition coefficient (Wildman–Crippen LogP) is 1.63. The molecule has 1 aromatic rings. The molecule has 0 saturated carbocycles. The summed E-state index contributed by atoms with van der Waals surface area (Å²) in [5.41, 5.74) is 0. The summed E-state index contributed by atoms with van der Waals surface area (Å²) in [4.78, 5) is 13.1. The maximum atomic E-state index is 12.3. The molecule has 1 aliphatic rings. The van der Waals surface area contributed by atoms with E-state index >= 15 is 0 Å². The Bertz CT molecular complexity index is 567. The molecule has 1 aromatic heterocycles. The van der Waals surface area contributed by atoms with Crippen LogP contribution in [-0.4, -0.2) is 55.0 Å². The number of sulfonamides is 1. The largest absolute Gasteiger partial charge is 0.339 e. The number of nitrogens with zero attached hydrogens (tertiary/aromatic N) is 2. The minimum Gasteiger partial charge on any atom is -0.339 e. The number of carbonyl (C=O) groups excluding carboxylic acids is 1. The van der Waals surface area contributed by atoms with Crippen molar-refractivity contribution in [2.24, 2.45) is 0 Å². The van der Waals surface area contributed by atoms with Gasteiger partial charge in [-0.15, -0.1) is 11.3 Å². The van der Waals surface area contributed by atoms with Crippen molar-refractivity contribution in [3.63, 3.8) is 0 Å². The summed E-state index contributed by atoms with van der Waals surface area (Å²) in [7, 11) is -3.48. The Hall–Kier alpha value is -0.150. The molecule has 0 aromatic carbocycles. The van der Waals surface area contributed by atoms with Gasteiger partial charge in [-0.1, -0.05) is 27.5 Å². The number of hydrogen-bond donors (Lipinski definition) is 0. The van der Waals surface area contributed by atoms with E-state index in [2.05, 4.69) is 15.9 Å². The lowest BCUT2D eigenvalue weighted by atomic mass is 10.3. The van der Waals surface area contributed by atoms with E-state index in [9.17, 15) is 13.2 Å². The first-order valence-electron chi connectivity index (χ1n) is 5.54. The second-order valence-corrected chi connectivity index (χ2v) is 8.42. The summed E-state index contributed by atoms with van der Waals surface area (Å²) in [6.07, 6.45) is 0. The smallest absolute Gasteiger partial charge is 0.252 e. The Morgan fingerprint density at radius 2 is 1.95 bits per heavy atom. The fraction of sp³-hybridized carbons (Fsp3) is 0.500. The highest BCUT2D eigenvalue weighted by molar-refractivity contribution is 9.09. The maximum absolute atomic E-state index is 12.3. The number of carbonyl (C=O) groups is 1. The highest BCUT2D eigenvalue weighted by atomic mass is 79.9. The third-order valence-corrected chi connectivity index (χ3v) is 6.93. The molecule has 1 amide bonds. The molecule has 1 saturated heterocycles. The van der Waals surface area contributed by atoms with E-state index in [0.29, 0.717) is 30.5 Å². The van der Waals surface area contributed by atoms with Crippen LogP contribution >= 0.6 is 38.9 Å². The van der Waals surface area contributed by atoms with E-state index in [0.717, 1.165) is 11.3 Å². The Labute approximate surface area is 129 Å². The highest BCUT2D eigenvalue weighted by Crippen LogP contribution is 2.28. The van der Waals surface area contributed by atoms with E-state index < -0.39 is 10.0 Å². The number of hydrogen-bond acceptors (Lipinski definition) is 4. The van der Waals surface area contributed by atoms with Gasteiger partial charge in [0.1, 0.15) is 4.21 Å². The van der Waals surface area contributed by atoms with Crippen molar-refractivity contribution in [1.82, 2.24) is 9.21 Å². The number of amides is 1. The van der Waals surface area contributed by atoms with Crippen molar-refractivity contribution in [2.45, 2.75) is 4.21 Å². The second-order valence-electron chi connectivity index (χ2n) is 3.98. The molecule has 9 heteroatoms. The van der Waals surface area contributed by atoms with E-state index in [4.69, 9.17) is 11.6 Å². The third kappa shape index (κ3) is 3.30. The van der Waals surface area contributed by atoms with Crippen molar-refractivity contribution in [3.8, 4) is 0 Å². The molecular weight excluding hydrogens is 376 g/mol. The molecule has 5 nitrogen and oxygen atoms in total. The summed E-state index contributed by atoms with van der Waals surface area (Å²) in [5, 5.41) is 0.264. The lowest BCUT2D eigenvalue weighted by molar-refractivity contribution is -0.129. The highest BCUT2D eigenvalue weighted by Gasteiger charge is 2.30.